The van der Waals surface area contributed by atoms with Crippen molar-refractivity contribution in [1.29, 1.82) is 0 Å². The zero-order chi connectivity index (χ0) is 27.7. The fraction of sp³-hybridized carbons (Fsp3) is 0.522. The van der Waals surface area contributed by atoms with E-state index in [-0.39, 0.29) is 47.9 Å². The number of anilines is 1. The van der Waals surface area contributed by atoms with E-state index >= 15 is 0 Å². The molecule has 0 unspecified atom stereocenters. The number of hydrogen-bond donors (Lipinski definition) is 3. The Hall–Kier alpha value is -2.91. The van der Waals surface area contributed by atoms with Crippen LogP contribution < -0.4 is 10.6 Å². The number of aromatic nitrogens is 1. The van der Waals surface area contributed by atoms with Gasteiger partial charge in [0.2, 0.25) is 0 Å². The van der Waals surface area contributed by atoms with E-state index in [4.69, 9.17) is 0 Å². The number of rotatable bonds is 7. The van der Waals surface area contributed by atoms with Crippen LogP contribution in [0.15, 0.2) is 30.5 Å². The van der Waals surface area contributed by atoms with Crippen molar-refractivity contribution in [2.75, 3.05) is 38.0 Å². The first kappa shape index (κ1) is 28.1. The van der Waals surface area contributed by atoms with Crippen molar-refractivity contribution in [3.05, 3.63) is 45.9 Å². The van der Waals surface area contributed by atoms with E-state index in [0.29, 0.717) is 43.0 Å². The molecule has 8 nitrogen and oxygen atoms in total. The predicted octanol–water partition coefficient (Wildman–Crippen LogP) is 3.94. The van der Waals surface area contributed by atoms with Gasteiger partial charge in [-0.05, 0) is 43.0 Å². The lowest BCUT2D eigenvalue weighted by molar-refractivity contribution is -0.375. The molecule has 1 aromatic heterocycles. The van der Waals surface area contributed by atoms with Crippen LogP contribution in [-0.4, -0.2) is 76.9 Å². The number of carbonyl (C=O) groups is 2. The van der Waals surface area contributed by atoms with Crippen molar-refractivity contribution in [2.45, 2.75) is 37.3 Å². The van der Waals surface area contributed by atoms with Crippen molar-refractivity contribution in [3.63, 3.8) is 0 Å². The number of thiazole rings is 1. The summed E-state index contributed by atoms with van der Waals surface area (Å²) < 4.78 is 78.5. The van der Waals surface area contributed by atoms with E-state index in [1.807, 2.05) is 0 Å². The van der Waals surface area contributed by atoms with E-state index in [1.54, 1.807) is 34.1 Å². The van der Waals surface area contributed by atoms with Gasteiger partial charge in [0.1, 0.15) is 5.01 Å². The molecule has 2 aromatic rings. The number of piperazine rings is 1. The Morgan fingerprint density at radius 3 is 2.16 bits per heavy atom. The minimum Gasteiger partial charge on any atom is -0.369 e. The summed E-state index contributed by atoms with van der Waals surface area (Å²) in [6.07, 6.45) is -9.29. The molecule has 2 fully saturated rings. The summed E-state index contributed by atoms with van der Waals surface area (Å²) in [6, 6.07) is 6.09. The van der Waals surface area contributed by atoms with E-state index in [1.165, 1.54) is 0 Å². The molecule has 208 valence electrons. The minimum absolute atomic E-state index is 0.0176. The standard InChI is InChI=1S/C23H25F6N5O3S/c24-22(25,26)21(37,23(27,28)29)17-12-30-18(38-17)13-33-7-9-34(10-8-33)19(35)15-3-5-16(6-4-15)32-20(36)31-11-14-1-2-14/h3-6,12,14,37H,1-2,7-11,13H2,(H2,31,32,36). The second kappa shape index (κ2) is 10.7. The normalized spacial score (nSPS) is 17.4. The summed E-state index contributed by atoms with van der Waals surface area (Å²) >= 11 is 0.146. The zero-order valence-electron chi connectivity index (χ0n) is 19.9. The molecule has 1 aliphatic heterocycles. The summed E-state index contributed by atoms with van der Waals surface area (Å²) in [6.45, 7) is 1.82. The third-order valence-electron chi connectivity index (χ3n) is 6.39. The van der Waals surface area contributed by atoms with Crippen LogP contribution in [0.25, 0.3) is 0 Å². The molecule has 0 spiro atoms. The summed E-state index contributed by atoms with van der Waals surface area (Å²) in [5, 5.41) is 15.0. The van der Waals surface area contributed by atoms with E-state index in [9.17, 15) is 41.0 Å². The number of halogens is 6. The van der Waals surface area contributed by atoms with Crippen molar-refractivity contribution in [3.8, 4) is 0 Å². The lowest BCUT2D eigenvalue weighted by Gasteiger charge is -2.34. The summed E-state index contributed by atoms with van der Waals surface area (Å²) in [4.78, 5) is 30.4. The van der Waals surface area contributed by atoms with Gasteiger partial charge in [-0.1, -0.05) is 0 Å². The van der Waals surface area contributed by atoms with Gasteiger partial charge in [-0.3, -0.25) is 9.69 Å². The number of benzene rings is 1. The van der Waals surface area contributed by atoms with Crippen LogP contribution in [0.2, 0.25) is 0 Å². The average molecular weight is 566 g/mol. The Labute approximate surface area is 217 Å². The van der Waals surface area contributed by atoms with Crippen LogP contribution in [0.1, 0.15) is 33.1 Å². The maximum absolute atomic E-state index is 13.1. The number of urea groups is 1. The molecule has 4 rings (SSSR count). The van der Waals surface area contributed by atoms with Gasteiger partial charge in [-0.2, -0.15) is 26.3 Å². The third kappa shape index (κ3) is 6.21. The van der Waals surface area contributed by atoms with Gasteiger partial charge in [0.15, 0.2) is 0 Å². The minimum atomic E-state index is -5.96. The number of amides is 3. The Balaban J connectivity index is 1.28. The number of alkyl halides is 6. The quantitative estimate of drug-likeness (QED) is 0.442. The van der Waals surface area contributed by atoms with Crippen molar-refractivity contribution in [2.24, 2.45) is 5.92 Å². The SMILES string of the molecule is O=C(NCC1CC1)Nc1ccc(C(=O)N2CCN(Cc3ncc(C(O)(C(F)(F)F)C(F)(F)F)s3)CC2)cc1. The molecule has 15 heteroatoms. The number of nitrogens with zero attached hydrogens (tertiary/aromatic N) is 3. The Kier molecular flexibility index (Phi) is 7.91. The lowest BCUT2D eigenvalue weighted by atomic mass is 10.0. The largest absolute Gasteiger partial charge is 0.431 e. The van der Waals surface area contributed by atoms with E-state index in [0.717, 1.165) is 12.8 Å². The Morgan fingerprint density at radius 1 is 1.00 bits per heavy atom. The molecule has 38 heavy (non-hydrogen) atoms. The van der Waals surface area contributed by atoms with Crippen molar-refractivity contribution >= 4 is 29.0 Å². The first-order valence-electron chi connectivity index (χ1n) is 11.8. The van der Waals surface area contributed by atoms with Crippen LogP contribution in [0.4, 0.5) is 36.8 Å². The van der Waals surface area contributed by atoms with Gasteiger partial charge in [-0.25, -0.2) is 9.78 Å². The Morgan fingerprint density at radius 2 is 1.61 bits per heavy atom. The maximum atomic E-state index is 13.1. The number of aliphatic hydroxyl groups is 1. The number of nitrogens with one attached hydrogen (secondary N) is 2. The summed E-state index contributed by atoms with van der Waals surface area (Å²) in [5.74, 6) is 0.301. The topological polar surface area (TPSA) is 97.8 Å². The Bertz CT molecular complexity index is 1130. The monoisotopic (exact) mass is 565 g/mol. The molecule has 2 aliphatic rings. The molecular formula is C23H25F6N5O3S. The van der Waals surface area contributed by atoms with Crippen molar-refractivity contribution < 1.29 is 41.0 Å². The molecule has 0 radical (unpaired) electrons. The molecule has 3 N–H and O–H groups in total. The van der Waals surface area contributed by atoms with Gasteiger partial charge in [0, 0.05) is 50.2 Å². The van der Waals surface area contributed by atoms with E-state index in [2.05, 4.69) is 15.6 Å². The second-order valence-electron chi connectivity index (χ2n) is 9.25. The van der Waals surface area contributed by atoms with Crippen LogP contribution in [0.3, 0.4) is 0 Å². The van der Waals surface area contributed by atoms with Gasteiger partial charge in [-0.15, -0.1) is 11.3 Å². The predicted molar refractivity (Wildman–Crippen MR) is 125 cm³/mol. The summed E-state index contributed by atoms with van der Waals surface area (Å²) in [5.41, 5.74) is -4.05. The molecule has 1 aliphatic carbocycles. The van der Waals surface area contributed by atoms with Crippen LogP contribution >= 0.6 is 11.3 Å². The molecular weight excluding hydrogens is 540 g/mol. The molecule has 2 heterocycles. The molecule has 1 saturated carbocycles. The van der Waals surface area contributed by atoms with Gasteiger partial charge in [0.05, 0.1) is 11.4 Å². The highest BCUT2D eigenvalue weighted by Gasteiger charge is 2.72. The van der Waals surface area contributed by atoms with Crippen molar-refractivity contribution in [1.82, 2.24) is 20.1 Å². The van der Waals surface area contributed by atoms with Gasteiger partial charge in [0.25, 0.3) is 11.5 Å². The van der Waals surface area contributed by atoms with Gasteiger partial charge < -0.3 is 20.6 Å². The molecule has 0 atom stereocenters. The maximum Gasteiger partial charge on any atom is 0.431 e. The van der Waals surface area contributed by atoms with Crippen LogP contribution in [0.5, 0.6) is 0 Å². The number of carbonyl (C=O) groups excluding carboxylic acids is 2. The molecule has 1 aromatic carbocycles. The lowest BCUT2D eigenvalue weighted by Crippen LogP contribution is -2.53. The second-order valence-corrected chi connectivity index (χ2v) is 10.4. The van der Waals surface area contributed by atoms with Gasteiger partial charge >= 0.3 is 18.4 Å². The highest BCUT2D eigenvalue weighted by Crippen LogP contribution is 2.51. The first-order chi connectivity index (χ1) is 17.8. The molecule has 3 amide bonds. The number of hydrogen-bond acceptors (Lipinski definition) is 6. The first-order valence-corrected chi connectivity index (χ1v) is 12.6. The van der Waals surface area contributed by atoms with E-state index < -0.39 is 22.8 Å². The molecule has 1 saturated heterocycles. The fourth-order valence-electron chi connectivity index (χ4n) is 3.90. The fourth-order valence-corrected chi connectivity index (χ4v) is 5.00. The summed E-state index contributed by atoms with van der Waals surface area (Å²) in [7, 11) is 0. The third-order valence-corrected chi connectivity index (χ3v) is 7.48. The highest BCUT2D eigenvalue weighted by molar-refractivity contribution is 7.11. The molecule has 0 bridgehead atoms. The van der Waals surface area contributed by atoms with Crippen LogP contribution in [-0.2, 0) is 12.1 Å². The van der Waals surface area contributed by atoms with Crippen LogP contribution in [0, 0.1) is 5.92 Å². The smallest absolute Gasteiger partial charge is 0.369 e. The average Bonchev–Trinajstić information content (AvgIpc) is 3.57. The highest BCUT2D eigenvalue weighted by atomic mass is 32.1. The zero-order valence-corrected chi connectivity index (χ0v) is 20.7.